The fourth-order valence-corrected chi connectivity index (χ4v) is 5.07. The van der Waals surface area contributed by atoms with Crippen molar-refractivity contribution < 1.29 is 13.9 Å². The topological polar surface area (TPSA) is 38.3 Å². The van der Waals surface area contributed by atoms with Crippen LogP contribution in [0.25, 0.3) is 0 Å². The average Bonchev–Trinajstić information content (AvgIpc) is 3.04. The van der Waals surface area contributed by atoms with Gasteiger partial charge < -0.3 is 10.1 Å². The first-order chi connectivity index (χ1) is 12.2. The molecule has 2 aliphatic rings. The molecular weight excluding hydrogens is 337 g/mol. The summed E-state index contributed by atoms with van der Waals surface area (Å²) >= 11 is 1.59. The van der Waals surface area contributed by atoms with Gasteiger partial charge in [0.2, 0.25) is 5.91 Å². The van der Waals surface area contributed by atoms with Crippen LogP contribution in [0.15, 0.2) is 30.3 Å². The van der Waals surface area contributed by atoms with Crippen LogP contribution in [0.1, 0.15) is 48.1 Å². The maximum atomic E-state index is 13.8. The highest BCUT2D eigenvalue weighted by Crippen LogP contribution is 2.41. The van der Waals surface area contributed by atoms with E-state index in [0.29, 0.717) is 6.61 Å². The summed E-state index contributed by atoms with van der Waals surface area (Å²) in [5.41, 5.74) is 1.45. The minimum Gasteiger partial charge on any atom is -0.376 e. The Morgan fingerprint density at radius 3 is 2.80 bits per heavy atom. The molecule has 0 unspecified atom stereocenters. The molecule has 0 bridgehead atoms. The van der Waals surface area contributed by atoms with Crippen LogP contribution < -0.4 is 5.32 Å². The van der Waals surface area contributed by atoms with E-state index in [0.717, 1.165) is 55.7 Å². The predicted octanol–water partition coefficient (Wildman–Crippen LogP) is 4.80. The monoisotopic (exact) mass is 359 g/mol. The number of benzene rings is 1. The summed E-state index contributed by atoms with van der Waals surface area (Å²) in [6, 6.07) is 8.63. The smallest absolute Gasteiger partial charge is 0.235 e. The number of hydrogen-bond acceptors (Lipinski definition) is 3. The number of anilines is 1. The first-order valence-electron chi connectivity index (χ1n) is 8.94. The van der Waals surface area contributed by atoms with E-state index in [1.807, 2.05) is 6.07 Å². The SMILES string of the molecule is O=C(Nc1cc2c(s1)COCC2)C1(c2cccc(F)c2)CCCCC1. The Hall–Kier alpha value is -1.72. The maximum absolute atomic E-state index is 13.8. The van der Waals surface area contributed by atoms with Gasteiger partial charge in [-0.3, -0.25) is 4.79 Å². The number of hydrogen-bond donors (Lipinski definition) is 1. The van der Waals surface area contributed by atoms with Crippen LogP contribution in [0.2, 0.25) is 0 Å². The summed E-state index contributed by atoms with van der Waals surface area (Å²) in [5, 5.41) is 4.01. The van der Waals surface area contributed by atoms with Crippen molar-refractivity contribution >= 4 is 22.2 Å². The van der Waals surface area contributed by atoms with E-state index < -0.39 is 5.41 Å². The zero-order valence-electron chi connectivity index (χ0n) is 14.1. The van der Waals surface area contributed by atoms with Gasteiger partial charge in [-0.05, 0) is 48.6 Å². The van der Waals surface area contributed by atoms with Crippen LogP contribution in [0.4, 0.5) is 9.39 Å². The van der Waals surface area contributed by atoms with E-state index in [1.165, 1.54) is 22.6 Å². The lowest BCUT2D eigenvalue weighted by atomic mass is 9.68. The molecule has 1 amide bonds. The van der Waals surface area contributed by atoms with E-state index >= 15 is 0 Å². The lowest BCUT2D eigenvalue weighted by Gasteiger charge is -2.36. The van der Waals surface area contributed by atoms with Gasteiger partial charge in [-0.2, -0.15) is 0 Å². The number of carbonyl (C=O) groups is 1. The van der Waals surface area contributed by atoms with Crippen molar-refractivity contribution in [2.75, 3.05) is 11.9 Å². The summed E-state index contributed by atoms with van der Waals surface area (Å²) in [5.74, 6) is -0.281. The van der Waals surface area contributed by atoms with Gasteiger partial charge in [0.15, 0.2) is 0 Å². The number of ether oxygens (including phenoxy) is 1. The van der Waals surface area contributed by atoms with E-state index in [9.17, 15) is 9.18 Å². The van der Waals surface area contributed by atoms with Crippen molar-refractivity contribution in [1.29, 1.82) is 0 Å². The van der Waals surface area contributed by atoms with Crippen LogP contribution in [-0.4, -0.2) is 12.5 Å². The summed E-state index contributed by atoms with van der Waals surface area (Å²) in [6.07, 6.45) is 5.58. The van der Waals surface area contributed by atoms with Crippen molar-refractivity contribution in [2.45, 2.75) is 50.5 Å². The molecule has 1 aromatic heterocycles. The third-order valence-corrected chi connectivity index (χ3v) is 6.47. The first kappa shape index (κ1) is 16.7. The third kappa shape index (κ3) is 3.23. The van der Waals surface area contributed by atoms with Gasteiger partial charge >= 0.3 is 0 Å². The molecule has 3 nitrogen and oxygen atoms in total. The van der Waals surface area contributed by atoms with Gasteiger partial charge in [0.1, 0.15) is 5.82 Å². The fourth-order valence-electron chi connectivity index (χ4n) is 4.03. The molecule has 1 N–H and O–H groups in total. The van der Waals surface area contributed by atoms with Crippen LogP contribution in [0.5, 0.6) is 0 Å². The fraction of sp³-hybridized carbons (Fsp3) is 0.450. The second-order valence-electron chi connectivity index (χ2n) is 6.97. The van der Waals surface area contributed by atoms with Crippen molar-refractivity contribution in [3.63, 3.8) is 0 Å². The molecule has 25 heavy (non-hydrogen) atoms. The van der Waals surface area contributed by atoms with Gasteiger partial charge in [0, 0.05) is 4.88 Å². The molecule has 1 aliphatic carbocycles. The van der Waals surface area contributed by atoms with E-state index in [-0.39, 0.29) is 11.7 Å². The highest BCUT2D eigenvalue weighted by Gasteiger charge is 2.41. The molecule has 2 aromatic rings. The molecular formula is C20H22FNO2S. The molecule has 0 radical (unpaired) electrons. The summed E-state index contributed by atoms with van der Waals surface area (Å²) in [7, 11) is 0. The zero-order valence-corrected chi connectivity index (χ0v) is 15.0. The number of thiophene rings is 1. The number of halogens is 1. The van der Waals surface area contributed by atoms with Gasteiger partial charge in [-0.25, -0.2) is 4.39 Å². The molecule has 2 heterocycles. The van der Waals surface area contributed by atoms with Gasteiger partial charge in [0.25, 0.3) is 0 Å². The minimum absolute atomic E-state index is 0.00249. The van der Waals surface area contributed by atoms with Gasteiger partial charge in [-0.1, -0.05) is 31.4 Å². The highest BCUT2D eigenvalue weighted by atomic mass is 32.1. The van der Waals surface area contributed by atoms with Crippen molar-refractivity contribution in [3.8, 4) is 0 Å². The molecule has 0 saturated heterocycles. The van der Waals surface area contributed by atoms with E-state index in [2.05, 4.69) is 11.4 Å². The molecule has 132 valence electrons. The lowest BCUT2D eigenvalue weighted by Crippen LogP contribution is -2.42. The maximum Gasteiger partial charge on any atom is 0.235 e. The molecule has 1 saturated carbocycles. The van der Waals surface area contributed by atoms with Gasteiger partial charge in [-0.15, -0.1) is 11.3 Å². The second-order valence-corrected chi connectivity index (χ2v) is 8.11. The summed E-state index contributed by atoms with van der Waals surface area (Å²) in [6.45, 7) is 1.37. The van der Waals surface area contributed by atoms with E-state index in [4.69, 9.17) is 4.74 Å². The van der Waals surface area contributed by atoms with Crippen molar-refractivity contribution in [1.82, 2.24) is 0 Å². The van der Waals surface area contributed by atoms with Gasteiger partial charge in [0.05, 0.1) is 23.6 Å². The predicted molar refractivity (Wildman–Crippen MR) is 97.5 cm³/mol. The van der Waals surface area contributed by atoms with Crippen molar-refractivity contribution in [3.05, 3.63) is 52.2 Å². The Kier molecular flexibility index (Phi) is 4.61. The Morgan fingerprint density at radius 1 is 1.20 bits per heavy atom. The molecule has 0 atom stereocenters. The van der Waals surface area contributed by atoms with Crippen LogP contribution in [0.3, 0.4) is 0 Å². The van der Waals surface area contributed by atoms with Crippen LogP contribution >= 0.6 is 11.3 Å². The first-order valence-corrected chi connectivity index (χ1v) is 9.76. The number of carbonyl (C=O) groups excluding carboxylic acids is 1. The quantitative estimate of drug-likeness (QED) is 0.855. The second kappa shape index (κ2) is 6.89. The number of rotatable bonds is 3. The Morgan fingerprint density at radius 2 is 2.04 bits per heavy atom. The summed E-state index contributed by atoms with van der Waals surface area (Å²) < 4.78 is 19.3. The standard InChI is InChI=1S/C20H22FNO2S/c21-16-6-4-5-15(12-16)20(8-2-1-3-9-20)19(23)22-18-11-14-7-10-24-13-17(14)25-18/h4-6,11-12H,1-3,7-10,13H2,(H,22,23). The highest BCUT2D eigenvalue weighted by molar-refractivity contribution is 7.16. The van der Waals surface area contributed by atoms with Crippen molar-refractivity contribution in [2.24, 2.45) is 0 Å². The molecule has 0 spiro atoms. The molecule has 1 aliphatic heterocycles. The van der Waals surface area contributed by atoms with E-state index in [1.54, 1.807) is 17.4 Å². The Labute approximate surface area is 151 Å². The zero-order chi connectivity index (χ0) is 17.3. The Bertz CT molecular complexity index is 756. The average molecular weight is 359 g/mol. The summed E-state index contributed by atoms with van der Waals surface area (Å²) in [4.78, 5) is 14.5. The molecule has 4 rings (SSSR count). The van der Waals surface area contributed by atoms with Crippen LogP contribution in [0, 0.1) is 5.82 Å². The largest absolute Gasteiger partial charge is 0.376 e. The number of nitrogens with one attached hydrogen (secondary N) is 1. The molecule has 5 heteroatoms. The number of fused-ring (bicyclic) bond motifs is 1. The lowest BCUT2D eigenvalue weighted by molar-refractivity contribution is -0.122. The normalized spacial score (nSPS) is 19.2. The third-order valence-electron chi connectivity index (χ3n) is 5.40. The number of amides is 1. The Balaban J connectivity index is 1.63. The minimum atomic E-state index is -0.624. The molecule has 1 aromatic carbocycles. The molecule has 1 fully saturated rings. The van der Waals surface area contributed by atoms with Crippen LogP contribution in [-0.2, 0) is 28.0 Å².